The van der Waals surface area contributed by atoms with Crippen LogP contribution in [0.25, 0.3) is 0 Å². The van der Waals surface area contributed by atoms with Gasteiger partial charge in [0.05, 0.1) is 12.7 Å². The third kappa shape index (κ3) is 7.19. The van der Waals surface area contributed by atoms with Crippen LogP contribution in [0.4, 0.5) is 0 Å². The number of hydrogen-bond donors (Lipinski definition) is 1. The lowest BCUT2D eigenvalue weighted by Crippen LogP contribution is -2.43. The van der Waals surface area contributed by atoms with E-state index in [0.29, 0.717) is 6.54 Å². The van der Waals surface area contributed by atoms with Crippen molar-refractivity contribution in [2.45, 2.75) is 45.3 Å². The van der Waals surface area contributed by atoms with E-state index in [4.69, 9.17) is 14.5 Å². The second-order valence-electron chi connectivity index (χ2n) is 7.32. The minimum absolute atomic E-state index is 0. The Morgan fingerprint density at radius 2 is 2.19 bits per heavy atom. The lowest BCUT2D eigenvalue weighted by Gasteiger charge is -2.23. The van der Waals surface area contributed by atoms with E-state index in [1.165, 1.54) is 12.8 Å². The maximum Gasteiger partial charge on any atom is 0.194 e. The molecule has 9 heteroatoms. The van der Waals surface area contributed by atoms with Gasteiger partial charge in [-0.1, -0.05) is 0 Å². The van der Waals surface area contributed by atoms with Gasteiger partial charge in [-0.15, -0.1) is 34.2 Å². The first-order chi connectivity index (χ1) is 12.6. The Kier molecular flexibility index (Phi) is 9.24. The highest BCUT2D eigenvalue weighted by Crippen LogP contribution is 2.28. The number of ether oxygens (including phenoxy) is 2. The quantitative estimate of drug-likeness (QED) is 0.245. The molecule has 1 atom stereocenters. The summed E-state index contributed by atoms with van der Waals surface area (Å²) in [5.41, 5.74) is 0. The molecular weight excluding hydrogens is 459 g/mol. The Balaban J connectivity index is 0.00000261. The van der Waals surface area contributed by atoms with Crippen LogP contribution in [-0.4, -0.2) is 71.7 Å². The number of aromatic nitrogens is 3. The van der Waals surface area contributed by atoms with Crippen LogP contribution in [0.5, 0.6) is 0 Å². The van der Waals surface area contributed by atoms with Crippen LogP contribution in [0.1, 0.15) is 37.3 Å². The summed E-state index contributed by atoms with van der Waals surface area (Å²) in [4.78, 5) is 6.87. The van der Waals surface area contributed by atoms with E-state index in [0.717, 1.165) is 69.3 Å². The minimum atomic E-state index is 0. The van der Waals surface area contributed by atoms with Crippen molar-refractivity contribution in [3.05, 3.63) is 11.6 Å². The SMILES string of the molecule is Cc1nnc(CN=C(NCC2CCCO2)N(C)CCOCC2CC2)n1C.I. The van der Waals surface area contributed by atoms with Gasteiger partial charge in [0, 0.05) is 40.4 Å². The van der Waals surface area contributed by atoms with Crippen molar-refractivity contribution >= 4 is 29.9 Å². The van der Waals surface area contributed by atoms with Crippen molar-refractivity contribution in [2.24, 2.45) is 18.0 Å². The fourth-order valence-electron chi connectivity index (χ4n) is 2.90. The summed E-state index contributed by atoms with van der Waals surface area (Å²) >= 11 is 0. The molecule has 0 amide bonds. The molecule has 8 nitrogen and oxygen atoms in total. The highest BCUT2D eigenvalue weighted by molar-refractivity contribution is 14.0. The van der Waals surface area contributed by atoms with Crippen LogP contribution in [0.2, 0.25) is 0 Å². The van der Waals surface area contributed by atoms with Gasteiger partial charge in [-0.2, -0.15) is 0 Å². The highest BCUT2D eigenvalue weighted by atomic mass is 127. The fraction of sp³-hybridized carbons (Fsp3) is 0.833. The molecule has 1 N–H and O–H groups in total. The third-order valence-electron chi connectivity index (χ3n) is 5.05. The third-order valence-corrected chi connectivity index (χ3v) is 5.05. The topological polar surface area (TPSA) is 76.8 Å². The number of likely N-dealkylation sites (N-methyl/N-ethyl adjacent to an activating group) is 1. The standard InChI is InChI=1S/C18H32N6O2.HI/c1-14-21-22-17(24(14)3)12-20-18(19-11-16-5-4-9-26-16)23(2)8-10-25-13-15-6-7-15;/h15-16H,4-13H2,1-3H3,(H,19,20);1H. The predicted molar refractivity (Wildman–Crippen MR) is 115 cm³/mol. The molecule has 2 fully saturated rings. The number of aliphatic imine (C=N–C) groups is 1. The molecule has 0 spiro atoms. The molecule has 1 unspecified atom stereocenters. The van der Waals surface area contributed by atoms with Gasteiger partial charge in [-0.3, -0.25) is 0 Å². The average molecular weight is 492 g/mol. The summed E-state index contributed by atoms with van der Waals surface area (Å²) < 4.78 is 13.5. The summed E-state index contributed by atoms with van der Waals surface area (Å²) in [6.45, 7) is 6.50. The van der Waals surface area contributed by atoms with Crippen molar-refractivity contribution in [2.75, 3.05) is 40.0 Å². The molecule has 154 valence electrons. The molecular formula is C18H33IN6O2. The van der Waals surface area contributed by atoms with E-state index in [1.807, 2.05) is 25.6 Å². The van der Waals surface area contributed by atoms with E-state index in [-0.39, 0.29) is 30.1 Å². The van der Waals surface area contributed by atoms with Gasteiger partial charge >= 0.3 is 0 Å². The maximum atomic E-state index is 5.77. The van der Waals surface area contributed by atoms with Crippen LogP contribution >= 0.6 is 24.0 Å². The smallest absolute Gasteiger partial charge is 0.194 e. The van der Waals surface area contributed by atoms with Crippen LogP contribution in [-0.2, 0) is 23.1 Å². The Morgan fingerprint density at radius 1 is 1.37 bits per heavy atom. The van der Waals surface area contributed by atoms with Gasteiger partial charge in [0.25, 0.3) is 0 Å². The first-order valence-electron chi connectivity index (χ1n) is 9.67. The van der Waals surface area contributed by atoms with Crippen LogP contribution in [0.15, 0.2) is 4.99 Å². The van der Waals surface area contributed by atoms with Crippen molar-refractivity contribution in [3.63, 3.8) is 0 Å². The Bertz CT molecular complexity index is 599. The molecule has 1 aliphatic heterocycles. The van der Waals surface area contributed by atoms with E-state index in [9.17, 15) is 0 Å². The summed E-state index contributed by atoms with van der Waals surface area (Å²) in [6.07, 6.45) is 5.17. The van der Waals surface area contributed by atoms with Gasteiger partial charge < -0.3 is 24.3 Å². The number of hydrogen-bond acceptors (Lipinski definition) is 5. The summed E-state index contributed by atoms with van der Waals surface area (Å²) in [5.74, 6) is 3.41. The first kappa shape index (κ1) is 22.4. The van der Waals surface area contributed by atoms with Crippen molar-refractivity contribution in [3.8, 4) is 0 Å². The Labute approximate surface area is 179 Å². The molecule has 1 saturated carbocycles. The summed E-state index contributed by atoms with van der Waals surface area (Å²) in [7, 11) is 4.01. The second kappa shape index (κ2) is 11.2. The lowest BCUT2D eigenvalue weighted by atomic mass is 10.2. The molecule has 1 aromatic rings. The summed E-state index contributed by atoms with van der Waals surface area (Å²) in [6, 6.07) is 0. The number of halogens is 1. The average Bonchev–Trinajstić information content (AvgIpc) is 3.21. The Hall–Kier alpha value is -0.940. The summed E-state index contributed by atoms with van der Waals surface area (Å²) in [5, 5.41) is 11.8. The zero-order valence-electron chi connectivity index (χ0n) is 16.7. The zero-order valence-corrected chi connectivity index (χ0v) is 19.0. The maximum absolute atomic E-state index is 5.77. The van der Waals surface area contributed by atoms with E-state index >= 15 is 0 Å². The normalized spacial score (nSPS) is 19.8. The van der Waals surface area contributed by atoms with Crippen LogP contribution < -0.4 is 5.32 Å². The molecule has 27 heavy (non-hydrogen) atoms. The fourth-order valence-corrected chi connectivity index (χ4v) is 2.90. The van der Waals surface area contributed by atoms with Gasteiger partial charge in [0.1, 0.15) is 12.4 Å². The minimum Gasteiger partial charge on any atom is -0.379 e. The molecule has 1 aliphatic carbocycles. The van der Waals surface area contributed by atoms with E-state index in [2.05, 4.69) is 20.4 Å². The van der Waals surface area contributed by atoms with Gasteiger partial charge in [-0.25, -0.2) is 4.99 Å². The predicted octanol–water partition coefficient (Wildman–Crippen LogP) is 1.72. The zero-order chi connectivity index (χ0) is 18.4. The van der Waals surface area contributed by atoms with Crippen molar-refractivity contribution in [1.29, 1.82) is 0 Å². The van der Waals surface area contributed by atoms with E-state index < -0.39 is 0 Å². The first-order valence-corrected chi connectivity index (χ1v) is 9.67. The van der Waals surface area contributed by atoms with Crippen LogP contribution in [0, 0.1) is 12.8 Å². The molecule has 0 aromatic carbocycles. The van der Waals surface area contributed by atoms with E-state index in [1.54, 1.807) is 0 Å². The van der Waals surface area contributed by atoms with Crippen LogP contribution in [0.3, 0.4) is 0 Å². The molecule has 0 radical (unpaired) electrons. The molecule has 3 rings (SSSR count). The van der Waals surface area contributed by atoms with Gasteiger partial charge in [-0.05, 0) is 38.5 Å². The Morgan fingerprint density at radius 3 is 2.81 bits per heavy atom. The lowest BCUT2D eigenvalue weighted by molar-refractivity contribution is 0.109. The largest absolute Gasteiger partial charge is 0.379 e. The molecule has 2 heterocycles. The second-order valence-corrected chi connectivity index (χ2v) is 7.32. The number of rotatable bonds is 9. The number of guanidine groups is 1. The molecule has 2 aliphatic rings. The van der Waals surface area contributed by atoms with Crippen molar-refractivity contribution < 1.29 is 9.47 Å². The molecule has 1 saturated heterocycles. The van der Waals surface area contributed by atoms with Crippen molar-refractivity contribution in [1.82, 2.24) is 25.0 Å². The monoisotopic (exact) mass is 492 g/mol. The van der Waals surface area contributed by atoms with Gasteiger partial charge in [0.15, 0.2) is 11.8 Å². The highest BCUT2D eigenvalue weighted by Gasteiger charge is 2.21. The number of nitrogens with one attached hydrogen (secondary N) is 1. The molecule has 1 aromatic heterocycles. The number of aryl methyl sites for hydroxylation is 1. The van der Waals surface area contributed by atoms with Gasteiger partial charge in [0.2, 0.25) is 0 Å². The number of nitrogens with zero attached hydrogens (tertiary/aromatic N) is 5. The molecule has 0 bridgehead atoms.